The predicted octanol–water partition coefficient (Wildman–Crippen LogP) is 1.52. The molecule has 0 saturated heterocycles. The molecule has 11 heavy (non-hydrogen) atoms. The Bertz CT molecular complexity index is 187. The average molecular weight is 154 g/mol. The van der Waals surface area contributed by atoms with E-state index >= 15 is 0 Å². The molecule has 3 heteroatoms. The standard InChI is InChI=1S/C8H14N2O/c1-5(6(2)9)8(4-11)7(3)10/h4-5,8-10H,1-3H3. The van der Waals surface area contributed by atoms with Crippen molar-refractivity contribution in [1.82, 2.24) is 0 Å². The van der Waals surface area contributed by atoms with E-state index in [1.165, 1.54) is 0 Å². The third-order valence-electron chi connectivity index (χ3n) is 1.87. The van der Waals surface area contributed by atoms with E-state index in [-0.39, 0.29) is 5.92 Å². The van der Waals surface area contributed by atoms with Crippen LogP contribution in [0.5, 0.6) is 0 Å². The molecule has 0 aliphatic rings. The molecule has 0 radical (unpaired) electrons. The van der Waals surface area contributed by atoms with Crippen LogP contribution in [0.1, 0.15) is 20.8 Å². The maximum atomic E-state index is 10.5. The molecular weight excluding hydrogens is 140 g/mol. The van der Waals surface area contributed by atoms with Gasteiger partial charge in [0, 0.05) is 17.3 Å². The van der Waals surface area contributed by atoms with Gasteiger partial charge in [0.1, 0.15) is 6.29 Å². The Kier molecular flexibility index (Phi) is 3.65. The van der Waals surface area contributed by atoms with E-state index in [2.05, 4.69) is 0 Å². The highest BCUT2D eigenvalue weighted by Gasteiger charge is 2.19. The van der Waals surface area contributed by atoms with Crippen molar-refractivity contribution < 1.29 is 4.79 Å². The van der Waals surface area contributed by atoms with E-state index in [4.69, 9.17) is 10.8 Å². The second-order valence-electron chi connectivity index (χ2n) is 2.82. The zero-order valence-electron chi connectivity index (χ0n) is 7.14. The van der Waals surface area contributed by atoms with Gasteiger partial charge < -0.3 is 15.6 Å². The summed E-state index contributed by atoms with van der Waals surface area (Å²) in [6.07, 6.45) is 0.741. The van der Waals surface area contributed by atoms with Crippen LogP contribution < -0.4 is 0 Å². The zero-order chi connectivity index (χ0) is 9.02. The Morgan fingerprint density at radius 1 is 1.27 bits per heavy atom. The lowest BCUT2D eigenvalue weighted by atomic mass is 9.88. The van der Waals surface area contributed by atoms with Crippen LogP contribution in [0.3, 0.4) is 0 Å². The molecule has 0 aromatic heterocycles. The molecule has 62 valence electrons. The van der Waals surface area contributed by atoms with Crippen LogP contribution in [-0.2, 0) is 4.79 Å². The molecule has 3 nitrogen and oxygen atoms in total. The topological polar surface area (TPSA) is 64.8 Å². The Morgan fingerprint density at radius 3 is 1.82 bits per heavy atom. The summed E-state index contributed by atoms with van der Waals surface area (Å²) in [5.74, 6) is -0.544. The SMILES string of the molecule is CC(=N)C(C)C(C=O)C(C)=N. The Morgan fingerprint density at radius 2 is 1.73 bits per heavy atom. The molecule has 0 fully saturated rings. The van der Waals surface area contributed by atoms with Crippen molar-refractivity contribution in [2.75, 3.05) is 0 Å². The van der Waals surface area contributed by atoms with Gasteiger partial charge in [-0.3, -0.25) is 0 Å². The summed E-state index contributed by atoms with van der Waals surface area (Å²) in [6, 6.07) is 0. The lowest BCUT2D eigenvalue weighted by Crippen LogP contribution is -2.25. The van der Waals surface area contributed by atoms with Gasteiger partial charge in [-0.15, -0.1) is 0 Å². The van der Waals surface area contributed by atoms with E-state index in [0.717, 1.165) is 6.29 Å². The zero-order valence-corrected chi connectivity index (χ0v) is 7.14. The smallest absolute Gasteiger partial charge is 0.129 e. The molecule has 2 unspecified atom stereocenters. The number of carbonyl (C=O) groups is 1. The fourth-order valence-electron chi connectivity index (χ4n) is 0.864. The highest BCUT2D eigenvalue weighted by atomic mass is 16.1. The van der Waals surface area contributed by atoms with Gasteiger partial charge in [-0.05, 0) is 13.8 Å². The lowest BCUT2D eigenvalue weighted by Gasteiger charge is -2.15. The quantitative estimate of drug-likeness (QED) is 0.468. The number of hydrogen-bond donors (Lipinski definition) is 2. The third-order valence-corrected chi connectivity index (χ3v) is 1.87. The molecule has 0 bridgehead atoms. The predicted molar refractivity (Wildman–Crippen MR) is 45.5 cm³/mol. The van der Waals surface area contributed by atoms with Crippen molar-refractivity contribution in [1.29, 1.82) is 10.8 Å². The van der Waals surface area contributed by atoms with Gasteiger partial charge in [0.15, 0.2) is 0 Å². The third kappa shape index (κ3) is 2.62. The first-order valence-electron chi connectivity index (χ1n) is 3.56. The number of rotatable bonds is 4. The van der Waals surface area contributed by atoms with E-state index in [1.54, 1.807) is 20.8 Å². The Labute approximate surface area is 66.8 Å². The highest BCUT2D eigenvalue weighted by Crippen LogP contribution is 2.11. The van der Waals surface area contributed by atoms with Crippen LogP contribution in [0.4, 0.5) is 0 Å². The van der Waals surface area contributed by atoms with Crippen molar-refractivity contribution >= 4 is 17.7 Å². The van der Waals surface area contributed by atoms with Gasteiger partial charge in [0.25, 0.3) is 0 Å². The number of hydrogen-bond acceptors (Lipinski definition) is 3. The summed E-state index contributed by atoms with van der Waals surface area (Å²) >= 11 is 0. The molecule has 0 amide bonds. The molecule has 0 aromatic carbocycles. The molecule has 0 saturated carbocycles. The van der Waals surface area contributed by atoms with Crippen LogP contribution in [0.2, 0.25) is 0 Å². The normalized spacial score (nSPS) is 15.2. The van der Waals surface area contributed by atoms with Crippen molar-refractivity contribution in [3.05, 3.63) is 0 Å². The van der Waals surface area contributed by atoms with Crippen LogP contribution in [-0.4, -0.2) is 17.7 Å². The van der Waals surface area contributed by atoms with Crippen molar-refractivity contribution in [2.45, 2.75) is 20.8 Å². The maximum Gasteiger partial charge on any atom is 0.129 e. The molecule has 0 aliphatic heterocycles. The van der Waals surface area contributed by atoms with Gasteiger partial charge in [-0.2, -0.15) is 0 Å². The number of aldehydes is 1. The molecule has 0 aliphatic carbocycles. The summed E-state index contributed by atoms with van der Waals surface area (Å²) in [7, 11) is 0. The summed E-state index contributed by atoms with van der Waals surface area (Å²) in [5, 5.41) is 14.5. The van der Waals surface area contributed by atoms with E-state index in [1.807, 2.05) is 0 Å². The first-order chi connectivity index (χ1) is 5.00. The van der Waals surface area contributed by atoms with Gasteiger partial charge in [0.2, 0.25) is 0 Å². The van der Waals surface area contributed by atoms with Gasteiger partial charge in [-0.25, -0.2) is 0 Å². The summed E-state index contributed by atoms with van der Waals surface area (Å²) in [5.41, 5.74) is 0.785. The highest BCUT2D eigenvalue weighted by molar-refractivity contribution is 5.99. The van der Waals surface area contributed by atoms with E-state index in [0.29, 0.717) is 11.4 Å². The lowest BCUT2D eigenvalue weighted by molar-refractivity contribution is -0.109. The summed E-state index contributed by atoms with van der Waals surface area (Å²) < 4.78 is 0. The first-order valence-corrected chi connectivity index (χ1v) is 3.56. The molecule has 2 atom stereocenters. The number of carbonyl (C=O) groups excluding carboxylic acids is 1. The van der Waals surface area contributed by atoms with E-state index in [9.17, 15) is 4.79 Å². The fourth-order valence-corrected chi connectivity index (χ4v) is 0.864. The molecule has 0 rings (SSSR count). The molecule has 0 heterocycles. The van der Waals surface area contributed by atoms with Crippen LogP contribution in [0.25, 0.3) is 0 Å². The van der Waals surface area contributed by atoms with Crippen LogP contribution in [0, 0.1) is 22.7 Å². The van der Waals surface area contributed by atoms with Crippen LogP contribution >= 0.6 is 0 Å². The van der Waals surface area contributed by atoms with Crippen molar-refractivity contribution in [3.8, 4) is 0 Å². The first kappa shape index (κ1) is 10.0. The molecule has 0 aromatic rings. The fraction of sp³-hybridized carbons (Fsp3) is 0.625. The second-order valence-corrected chi connectivity index (χ2v) is 2.82. The van der Waals surface area contributed by atoms with E-state index < -0.39 is 5.92 Å². The molecule has 0 spiro atoms. The van der Waals surface area contributed by atoms with Gasteiger partial charge >= 0.3 is 0 Å². The van der Waals surface area contributed by atoms with Crippen molar-refractivity contribution in [3.63, 3.8) is 0 Å². The monoisotopic (exact) mass is 154 g/mol. The minimum absolute atomic E-state index is 0.134. The minimum Gasteiger partial charge on any atom is -0.310 e. The second kappa shape index (κ2) is 4.01. The maximum absolute atomic E-state index is 10.5. The minimum atomic E-state index is -0.410. The summed E-state index contributed by atoms with van der Waals surface area (Å²) in [4.78, 5) is 10.5. The molecular formula is C8H14N2O. The number of nitrogens with one attached hydrogen (secondary N) is 2. The Hall–Kier alpha value is -0.990. The summed E-state index contributed by atoms with van der Waals surface area (Å²) in [6.45, 7) is 5.04. The molecule has 2 N–H and O–H groups in total. The van der Waals surface area contributed by atoms with Gasteiger partial charge in [0.05, 0.1) is 5.92 Å². The van der Waals surface area contributed by atoms with Crippen LogP contribution in [0.15, 0.2) is 0 Å². The van der Waals surface area contributed by atoms with Gasteiger partial charge in [-0.1, -0.05) is 6.92 Å². The average Bonchev–Trinajstić information content (AvgIpc) is 1.88. The Balaban J connectivity index is 4.37. The largest absolute Gasteiger partial charge is 0.310 e. The van der Waals surface area contributed by atoms with Crippen molar-refractivity contribution in [2.24, 2.45) is 11.8 Å².